The molecule has 15 aliphatic heterocycles. The number of hydrogen-bond donors (Lipinski definition) is 6. The number of nitrogens with two attached hydrogens (primary N) is 5. The van der Waals surface area contributed by atoms with Crippen LogP contribution in [-0.2, 0) is 33.7 Å². The highest BCUT2D eigenvalue weighted by atomic mass is 32.2. The maximum absolute atomic E-state index is 14.1. The molecular formula is C91H124F10N14O7S2. The van der Waals surface area contributed by atoms with Gasteiger partial charge in [0.25, 0.3) is 0 Å². The summed E-state index contributed by atoms with van der Waals surface area (Å²) in [6.45, 7) is 14.0. The minimum absolute atomic E-state index is 0.00890. The molecule has 21 rings (SSSR count). The number of rotatable bonds is 13. The molecule has 10 unspecified atom stereocenters. The molecule has 11 N–H and O–H groups in total. The molecule has 124 heavy (non-hydrogen) atoms. The van der Waals surface area contributed by atoms with Crippen LogP contribution in [0, 0.1) is 75.9 Å². The van der Waals surface area contributed by atoms with E-state index in [-0.39, 0.29) is 88.2 Å². The van der Waals surface area contributed by atoms with Crippen LogP contribution in [0.15, 0.2) is 91.0 Å². The third kappa shape index (κ3) is 19.9. The zero-order valence-electron chi connectivity index (χ0n) is 70.9. The summed E-state index contributed by atoms with van der Waals surface area (Å²) in [5.41, 5.74) is 32.6. The molecule has 15 saturated heterocycles. The van der Waals surface area contributed by atoms with E-state index >= 15 is 0 Å². The summed E-state index contributed by atoms with van der Waals surface area (Å²) >= 11 is 2.06. The van der Waals surface area contributed by atoms with Crippen LogP contribution in [0.4, 0.5) is 43.9 Å². The summed E-state index contributed by atoms with van der Waals surface area (Å²) in [4.78, 5) is 17.6. The Bertz CT molecular complexity index is 4600. The first-order valence-electron chi connectivity index (χ1n) is 45.2. The lowest BCUT2D eigenvalue weighted by Crippen LogP contribution is -2.51. The van der Waals surface area contributed by atoms with E-state index in [1.54, 1.807) is 4.31 Å². The Morgan fingerprint density at radius 2 is 0.718 bits per heavy atom. The molecule has 5 aromatic rings. The molecule has 0 aromatic heterocycles. The van der Waals surface area contributed by atoms with Gasteiger partial charge in [-0.3, -0.25) is 29.4 Å². The van der Waals surface area contributed by atoms with Crippen molar-refractivity contribution >= 4 is 21.8 Å². The van der Waals surface area contributed by atoms with Crippen LogP contribution in [0.3, 0.4) is 0 Å². The normalized spacial score (nSPS) is 37.3. The average Bonchev–Trinajstić information content (AvgIpc) is 1.61. The number of nitrogens with zero attached hydrogens (tertiary/aromatic N) is 8. The fourth-order valence-corrected chi connectivity index (χ4v) is 26.7. The SMILES string of the molecule is CN1CCC2C1CCN2[C@H]1CO[C@H](c2cc(F)ccc2F)[C@@H](N)C1.CS(=O)(=O)N1CCC2C1CCN2[C@H]1CO[C@H](c2cc(F)ccc2F)[C@@H](N)C1.N[C@H]1C[C@@H](N2CC3CSCC3C2)CO[C@@H]1c1cc(F)ccc1F.N[C@H]1C[C@@H](N2CCC3C2CCN3CC2CC2)CO[C@@H]1c1cc(F)ccc1F.N[C@H]1C[C@@H](N2CCC3NCCC32)CO[C@@H]1c1cc(F)ccc1F. The van der Waals surface area contributed by atoms with Crippen molar-refractivity contribution < 1.29 is 76.0 Å². The Balaban J connectivity index is 0.000000110. The van der Waals surface area contributed by atoms with Gasteiger partial charge in [0.15, 0.2) is 0 Å². The summed E-state index contributed by atoms with van der Waals surface area (Å²) in [6, 6.07) is 20.5. The van der Waals surface area contributed by atoms with Gasteiger partial charge in [-0.2, -0.15) is 16.1 Å². The highest BCUT2D eigenvalue weighted by Crippen LogP contribution is 2.46. The van der Waals surface area contributed by atoms with Crippen LogP contribution in [-0.4, -0.2) is 286 Å². The molecule has 682 valence electrons. The standard InChI is InChI=1S/C21H29F2N3O.C18H25F2N3O3S.C18H25F2N3O.C17H23F2N3O.C17H22F2N2OS/c22-14-3-4-17(23)16(9-14)21-18(24)10-15(12-27-21)26-8-6-19-20(26)5-7-25(19)11-13-1-2-13;1-27(24,25)23-7-5-16-17(23)4-6-22(16)12-9-15(21)18(26-10-12)13-8-11(19)2-3-14(13)20;1-22-6-4-17-16(22)5-7-23(17)12-9-15(21)18(24-10-12)13-8-11(19)2-3-14(13)20;18-10-1-2-13(19)12(7-10)17-14(20)8-11(9-23-17)22-6-4-15-16(22)3-5-21-15;18-12-1-2-15(19)14(3-12)17-16(20)4-13(7-22-17)21-5-10-8-23-9-11(10)6-21/h3-4,9,13,15,18-21H,1-2,5-8,10-12,24H2;2-3,8,12,15-18H,4-7,9-10,21H2,1H3;2-3,8,12,15-18H,4-7,9-10,21H2,1H3;1-2,7,11,14-17,21H,3-6,8-9,20H2;1-3,10-11,13,16-17H,4-9,20H2/t15-,18+,19?,20?,21-;2*12-,15+,16?,17?,18-;11-,14+,15?,16?,17-;10?,11?,13-,16+,17-/m11111/s1. The number of likely N-dealkylation sites (N-methyl/N-ethyl adjacent to an activating group) is 1. The van der Waals surface area contributed by atoms with E-state index in [1.807, 2.05) is 0 Å². The van der Waals surface area contributed by atoms with Crippen molar-refractivity contribution in [3.8, 4) is 0 Å². The van der Waals surface area contributed by atoms with Crippen molar-refractivity contribution in [2.24, 2.45) is 46.4 Å². The lowest BCUT2D eigenvalue weighted by atomic mass is 9.93. The number of likely N-dealkylation sites (tertiary alicyclic amines) is 7. The quantitative estimate of drug-likeness (QED) is 0.0600. The lowest BCUT2D eigenvalue weighted by Gasteiger charge is -2.40. The molecule has 0 radical (unpaired) electrons. The Kier molecular flexibility index (Phi) is 28.7. The minimum Gasteiger partial charge on any atom is -0.370 e. The second-order valence-electron chi connectivity index (χ2n) is 38.0. The van der Waals surface area contributed by atoms with Crippen molar-refractivity contribution in [3.05, 3.63) is 177 Å². The van der Waals surface area contributed by atoms with E-state index in [0.717, 1.165) is 175 Å². The number of ether oxygens (including phenoxy) is 5. The first-order chi connectivity index (χ1) is 59.6. The maximum atomic E-state index is 14.1. The molecule has 0 amide bonds. The first kappa shape index (κ1) is 90.9. The van der Waals surface area contributed by atoms with Gasteiger partial charge in [0.05, 0.1) is 39.3 Å². The van der Waals surface area contributed by atoms with E-state index in [0.29, 0.717) is 88.3 Å². The third-order valence-electron chi connectivity index (χ3n) is 30.2. The van der Waals surface area contributed by atoms with Crippen LogP contribution in [0.25, 0.3) is 0 Å². The number of sulfonamides is 1. The molecule has 0 spiro atoms. The highest BCUT2D eigenvalue weighted by Gasteiger charge is 2.53. The molecular weight excluding hydrogens is 1660 g/mol. The van der Waals surface area contributed by atoms with Crippen LogP contribution in [0.5, 0.6) is 0 Å². The van der Waals surface area contributed by atoms with Crippen molar-refractivity contribution in [3.63, 3.8) is 0 Å². The van der Waals surface area contributed by atoms with Crippen molar-refractivity contribution in [2.45, 2.75) is 236 Å². The number of fused-ring (bicyclic) bond motifs is 5. The minimum atomic E-state index is -3.20. The van der Waals surface area contributed by atoms with Gasteiger partial charge in [-0.1, -0.05) is 0 Å². The maximum Gasteiger partial charge on any atom is 0.211 e. The highest BCUT2D eigenvalue weighted by molar-refractivity contribution is 7.99. The van der Waals surface area contributed by atoms with E-state index in [2.05, 4.69) is 58.4 Å². The Labute approximate surface area is 726 Å². The number of nitrogens with one attached hydrogen (secondary N) is 1. The molecule has 25 atom stereocenters. The molecule has 33 heteroatoms. The van der Waals surface area contributed by atoms with E-state index in [1.165, 1.54) is 106 Å². The van der Waals surface area contributed by atoms with Gasteiger partial charge < -0.3 is 62.6 Å². The zero-order chi connectivity index (χ0) is 86.7. The monoisotopic (exact) mass is 1780 g/mol. The largest absolute Gasteiger partial charge is 0.370 e. The molecule has 1 aliphatic carbocycles. The van der Waals surface area contributed by atoms with Crippen LogP contribution >= 0.6 is 11.8 Å². The summed E-state index contributed by atoms with van der Waals surface area (Å²) < 4.78 is 193. The van der Waals surface area contributed by atoms with Crippen LogP contribution in [0.2, 0.25) is 0 Å². The van der Waals surface area contributed by atoms with Crippen LogP contribution in [0.1, 0.15) is 155 Å². The van der Waals surface area contributed by atoms with E-state index in [9.17, 15) is 52.3 Å². The second kappa shape index (κ2) is 39.2. The molecule has 5 aromatic carbocycles. The van der Waals surface area contributed by atoms with Gasteiger partial charge in [-0.15, -0.1) is 0 Å². The Morgan fingerprint density at radius 1 is 0.387 bits per heavy atom. The van der Waals surface area contributed by atoms with Crippen molar-refractivity contribution in [1.82, 2.24) is 43.9 Å². The molecule has 21 nitrogen and oxygen atoms in total. The molecule has 16 aliphatic rings. The fraction of sp³-hybridized carbons (Fsp3) is 0.670. The van der Waals surface area contributed by atoms with Crippen molar-refractivity contribution in [2.75, 3.05) is 130 Å². The first-order valence-corrected chi connectivity index (χ1v) is 48.2. The van der Waals surface area contributed by atoms with Crippen molar-refractivity contribution in [1.29, 1.82) is 0 Å². The molecule has 15 heterocycles. The average molecular weight is 1780 g/mol. The second-order valence-corrected chi connectivity index (χ2v) is 41.0. The van der Waals surface area contributed by atoms with E-state index < -0.39 is 105 Å². The summed E-state index contributed by atoms with van der Waals surface area (Å²) in [7, 11) is -1.01. The Hall–Kier alpha value is -5.06. The topological polar surface area (TPSA) is 248 Å². The molecule has 1 saturated carbocycles. The van der Waals surface area contributed by atoms with Gasteiger partial charge in [0, 0.05) is 195 Å². The summed E-state index contributed by atoms with van der Waals surface area (Å²) in [5.74, 6) is 0.416. The smallest absolute Gasteiger partial charge is 0.211 e. The third-order valence-corrected chi connectivity index (χ3v) is 32.9. The van der Waals surface area contributed by atoms with Gasteiger partial charge >= 0.3 is 0 Å². The Morgan fingerprint density at radius 3 is 1.11 bits per heavy atom. The van der Waals surface area contributed by atoms with Gasteiger partial charge in [0.1, 0.15) is 88.7 Å². The number of halogens is 10. The summed E-state index contributed by atoms with van der Waals surface area (Å²) in [5, 5.41) is 3.54. The lowest BCUT2D eigenvalue weighted by molar-refractivity contribution is -0.0547. The van der Waals surface area contributed by atoms with E-state index in [4.69, 9.17) is 52.4 Å². The predicted molar refractivity (Wildman–Crippen MR) is 454 cm³/mol. The molecule has 16 fully saturated rings. The predicted octanol–water partition coefficient (Wildman–Crippen LogP) is 9.79. The van der Waals surface area contributed by atoms with Crippen LogP contribution < -0.4 is 34.0 Å². The number of hydrogen-bond acceptors (Lipinski definition) is 21. The van der Waals surface area contributed by atoms with Gasteiger partial charge in [0.2, 0.25) is 10.0 Å². The fourth-order valence-electron chi connectivity index (χ4n) is 24.0. The number of benzene rings is 5. The summed E-state index contributed by atoms with van der Waals surface area (Å²) in [6.07, 6.45) is 13.5. The number of thioether (sulfide) groups is 1. The molecule has 0 bridgehead atoms. The van der Waals surface area contributed by atoms with Gasteiger partial charge in [-0.25, -0.2) is 52.3 Å². The zero-order valence-corrected chi connectivity index (χ0v) is 72.6. The van der Waals surface area contributed by atoms with Gasteiger partial charge in [-0.05, 0) is 237 Å².